The van der Waals surface area contributed by atoms with Gasteiger partial charge in [-0.3, -0.25) is 4.31 Å². The van der Waals surface area contributed by atoms with E-state index in [1.807, 2.05) is 0 Å². The summed E-state index contributed by atoms with van der Waals surface area (Å²) in [5.74, 6) is -0.0980. The molecule has 0 spiro atoms. The molecular formula is C11H12F3NO2S. The van der Waals surface area contributed by atoms with Crippen LogP contribution in [-0.4, -0.2) is 20.7 Å². The van der Waals surface area contributed by atoms with Crippen molar-refractivity contribution in [3.05, 3.63) is 29.8 Å². The normalized spacial score (nSPS) is 19.8. The molecule has 1 fully saturated rings. The van der Waals surface area contributed by atoms with E-state index in [2.05, 4.69) is 0 Å². The Morgan fingerprint density at radius 3 is 2.39 bits per heavy atom. The molecule has 3 nitrogen and oxygen atoms in total. The molecule has 2 rings (SSSR count). The van der Waals surface area contributed by atoms with Crippen molar-refractivity contribution in [2.24, 2.45) is 0 Å². The standard InChI is InChI=1S/C11H12F3NO2S/c12-11(13,14)9-5-1-2-6-10(9)15-7-3-4-8-18(15,16)17/h1-2,5-6H,3-4,7-8H2. The van der Waals surface area contributed by atoms with Gasteiger partial charge in [-0.1, -0.05) is 12.1 Å². The van der Waals surface area contributed by atoms with Gasteiger partial charge in [0.15, 0.2) is 0 Å². The number of sulfonamides is 1. The molecule has 0 atom stereocenters. The lowest BCUT2D eigenvalue weighted by atomic mass is 10.1. The summed E-state index contributed by atoms with van der Waals surface area (Å²) in [5.41, 5.74) is -1.18. The zero-order chi connectivity index (χ0) is 13.4. The molecule has 1 aromatic rings. The first kappa shape index (κ1) is 13.2. The fourth-order valence-electron chi connectivity index (χ4n) is 1.99. The largest absolute Gasteiger partial charge is 0.418 e. The van der Waals surface area contributed by atoms with Gasteiger partial charge in [-0.15, -0.1) is 0 Å². The van der Waals surface area contributed by atoms with Gasteiger partial charge in [-0.05, 0) is 25.0 Å². The van der Waals surface area contributed by atoms with Crippen molar-refractivity contribution in [1.29, 1.82) is 0 Å². The number of hydrogen-bond donors (Lipinski definition) is 0. The number of benzene rings is 1. The minimum atomic E-state index is -4.55. The molecule has 0 aromatic heterocycles. The zero-order valence-electron chi connectivity index (χ0n) is 9.44. The maximum Gasteiger partial charge on any atom is 0.418 e. The zero-order valence-corrected chi connectivity index (χ0v) is 10.3. The lowest BCUT2D eigenvalue weighted by molar-refractivity contribution is -0.137. The van der Waals surface area contributed by atoms with Gasteiger partial charge in [0.25, 0.3) is 0 Å². The van der Waals surface area contributed by atoms with Crippen LogP contribution >= 0.6 is 0 Å². The van der Waals surface area contributed by atoms with Crippen LogP contribution < -0.4 is 4.31 Å². The summed E-state index contributed by atoms with van der Waals surface area (Å²) in [6.45, 7) is 0.107. The highest BCUT2D eigenvalue weighted by molar-refractivity contribution is 7.92. The number of anilines is 1. The van der Waals surface area contributed by atoms with Gasteiger partial charge in [0.2, 0.25) is 10.0 Å². The molecule has 0 N–H and O–H groups in total. The molecule has 1 saturated heterocycles. The second-order valence-corrected chi connectivity index (χ2v) is 6.12. The van der Waals surface area contributed by atoms with E-state index in [0.29, 0.717) is 12.8 Å². The Morgan fingerprint density at radius 1 is 1.11 bits per heavy atom. The quantitative estimate of drug-likeness (QED) is 0.792. The Kier molecular flexibility index (Phi) is 3.27. The highest BCUT2D eigenvalue weighted by Gasteiger charge is 2.37. The first-order valence-corrected chi connectivity index (χ1v) is 7.10. The lowest BCUT2D eigenvalue weighted by Gasteiger charge is -2.30. The number of rotatable bonds is 1. The van der Waals surface area contributed by atoms with E-state index in [0.717, 1.165) is 10.4 Å². The van der Waals surface area contributed by atoms with Crippen LogP contribution in [0, 0.1) is 0 Å². The molecule has 1 aliphatic heterocycles. The summed E-state index contributed by atoms with van der Waals surface area (Å²) in [4.78, 5) is 0. The molecule has 0 aliphatic carbocycles. The van der Waals surface area contributed by atoms with E-state index in [4.69, 9.17) is 0 Å². The Hall–Kier alpha value is -1.24. The van der Waals surface area contributed by atoms with Crippen molar-refractivity contribution in [3.63, 3.8) is 0 Å². The Balaban J connectivity index is 2.51. The van der Waals surface area contributed by atoms with Gasteiger partial charge < -0.3 is 0 Å². The average Bonchev–Trinajstić information content (AvgIpc) is 2.27. The maximum atomic E-state index is 12.8. The van der Waals surface area contributed by atoms with E-state index in [1.54, 1.807) is 0 Å². The molecule has 0 amide bonds. The van der Waals surface area contributed by atoms with Crippen molar-refractivity contribution < 1.29 is 21.6 Å². The van der Waals surface area contributed by atoms with Crippen LogP contribution in [0.25, 0.3) is 0 Å². The number of halogens is 3. The number of hydrogen-bond acceptors (Lipinski definition) is 2. The third-order valence-electron chi connectivity index (χ3n) is 2.83. The van der Waals surface area contributed by atoms with Gasteiger partial charge in [0, 0.05) is 6.54 Å². The number of para-hydroxylation sites is 1. The van der Waals surface area contributed by atoms with Crippen molar-refractivity contribution in [3.8, 4) is 0 Å². The van der Waals surface area contributed by atoms with Crippen LogP contribution in [0.2, 0.25) is 0 Å². The molecule has 7 heteroatoms. The van der Waals surface area contributed by atoms with Crippen molar-refractivity contribution >= 4 is 15.7 Å². The van der Waals surface area contributed by atoms with Crippen LogP contribution in [0.15, 0.2) is 24.3 Å². The van der Waals surface area contributed by atoms with Crippen LogP contribution in [0.1, 0.15) is 18.4 Å². The third-order valence-corrected chi connectivity index (χ3v) is 4.68. The van der Waals surface area contributed by atoms with Crippen LogP contribution in [0.3, 0.4) is 0 Å². The summed E-state index contributed by atoms with van der Waals surface area (Å²) in [6.07, 6.45) is -3.48. The predicted molar refractivity (Wildman–Crippen MR) is 61.8 cm³/mol. The molecule has 0 saturated carbocycles. The highest BCUT2D eigenvalue weighted by atomic mass is 32.2. The summed E-state index contributed by atoms with van der Waals surface area (Å²) >= 11 is 0. The Bertz CT molecular complexity index is 539. The van der Waals surface area contributed by atoms with E-state index >= 15 is 0 Å². The first-order chi connectivity index (χ1) is 8.32. The van der Waals surface area contributed by atoms with Crippen LogP contribution in [0.5, 0.6) is 0 Å². The highest BCUT2D eigenvalue weighted by Crippen LogP contribution is 2.38. The monoisotopic (exact) mass is 279 g/mol. The molecule has 1 aromatic carbocycles. The third kappa shape index (κ3) is 2.45. The molecule has 100 valence electrons. The molecule has 0 radical (unpaired) electrons. The van der Waals surface area contributed by atoms with Gasteiger partial charge in [0.1, 0.15) is 0 Å². The lowest BCUT2D eigenvalue weighted by Crippen LogP contribution is -2.38. The Labute approximate surface area is 103 Å². The van der Waals surface area contributed by atoms with Crippen molar-refractivity contribution in [1.82, 2.24) is 0 Å². The summed E-state index contributed by atoms with van der Waals surface area (Å²) in [5, 5.41) is 0. The van der Waals surface area contributed by atoms with E-state index in [-0.39, 0.29) is 18.0 Å². The van der Waals surface area contributed by atoms with Crippen molar-refractivity contribution in [2.45, 2.75) is 19.0 Å². The minimum Gasteiger partial charge on any atom is -0.270 e. The van der Waals surface area contributed by atoms with Gasteiger partial charge in [0.05, 0.1) is 17.0 Å². The minimum absolute atomic E-state index is 0.0980. The molecule has 0 unspecified atom stereocenters. The van der Waals surface area contributed by atoms with Gasteiger partial charge in [-0.25, -0.2) is 8.42 Å². The van der Waals surface area contributed by atoms with Crippen molar-refractivity contribution in [2.75, 3.05) is 16.6 Å². The molecule has 0 bridgehead atoms. The maximum absolute atomic E-state index is 12.8. The average molecular weight is 279 g/mol. The van der Waals surface area contributed by atoms with Gasteiger partial charge in [-0.2, -0.15) is 13.2 Å². The number of nitrogens with zero attached hydrogens (tertiary/aromatic N) is 1. The topological polar surface area (TPSA) is 37.4 Å². The second kappa shape index (κ2) is 4.46. The first-order valence-electron chi connectivity index (χ1n) is 5.49. The van der Waals surface area contributed by atoms with E-state index in [1.165, 1.54) is 18.2 Å². The molecule has 1 aliphatic rings. The predicted octanol–water partition coefficient (Wildman–Crippen LogP) is 2.64. The van der Waals surface area contributed by atoms with E-state index < -0.39 is 21.8 Å². The molecular weight excluding hydrogens is 267 g/mol. The van der Waals surface area contributed by atoms with Crippen LogP contribution in [-0.2, 0) is 16.2 Å². The number of alkyl halides is 3. The fourth-order valence-corrected chi connectivity index (χ4v) is 3.65. The second-order valence-electron chi connectivity index (χ2n) is 4.11. The summed E-state index contributed by atoms with van der Waals surface area (Å²) in [7, 11) is -3.63. The fraction of sp³-hybridized carbons (Fsp3) is 0.455. The smallest absolute Gasteiger partial charge is 0.270 e. The summed E-state index contributed by atoms with van der Waals surface area (Å²) in [6, 6.07) is 4.77. The summed E-state index contributed by atoms with van der Waals surface area (Å²) < 4.78 is 63.0. The SMILES string of the molecule is O=S1(=O)CCCCN1c1ccccc1C(F)(F)F. The van der Waals surface area contributed by atoms with E-state index in [9.17, 15) is 21.6 Å². The molecule has 1 heterocycles. The molecule has 18 heavy (non-hydrogen) atoms. The Morgan fingerprint density at radius 2 is 1.78 bits per heavy atom. The van der Waals surface area contributed by atoms with Crippen LogP contribution in [0.4, 0.5) is 18.9 Å². The van der Waals surface area contributed by atoms with Gasteiger partial charge >= 0.3 is 6.18 Å².